The van der Waals surface area contributed by atoms with E-state index in [4.69, 9.17) is 4.42 Å². The maximum Gasteiger partial charge on any atom is 0.443 e. The summed E-state index contributed by atoms with van der Waals surface area (Å²) in [6.45, 7) is 1.37. The molecule has 9 heteroatoms. The van der Waals surface area contributed by atoms with Crippen LogP contribution < -0.4 is 5.43 Å². The second-order valence-electron chi connectivity index (χ2n) is 4.71. The minimum atomic E-state index is -4.60. The molecule has 120 valence electrons. The summed E-state index contributed by atoms with van der Waals surface area (Å²) in [6.07, 6.45) is -4.60. The smallest absolute Gasteiger partial charge is 0.443 e. The van der Waals surface area contributed by atoms with Crippen molar-refractivity contribution in [2.75, 3.05) is 0 Å². The molecule has 0 aliphatic carbocycles. The Hall–Kier alpha value is -2.55. The Bertz CT molecular complexity index is 975. The Morgan fingerprint density at radius 1 is 1.26 bits per heavy atom. The zero-order valence-corrected chi connectivity index (χ0v) is 12.2. The number of nitrogens with zero attached hydrogens (tertiary/aromatic N) is 1. The van der Waals surface area contributed by atoms with Gasteiger partial charge in [0.2, 0.25) is 11.2 Å². The molecule has 0 saturated carbocycles. The largest absolute Gasteiger partial charge is 0.504 e. The highest BCUT2D eigenvalue weighted by molar-refractivity contribution is 7.10. The molecule has 5 nitrogen and oxygen atoms in total. The molecule has 0 fully saturated rings. The van der Waals surface area contributed by atoms with Crippen molar-refractivity contribution in [3.05, 3.63) is 38.5 Å². The van der Waals surface area contributed by atoms with Crippen molar-refractivity contribution in [1.82, 2.24) is 4.98 Å². The number of thiazole rings is 1. The van der Waals surface area contributed by atoms with Crippen LogP contribution in [-0.2, 0) is 6.18 Å². The van der Waals surface area contributed by atoms with Crippen molar-refractivity contribution in [2.24, 2.45) is 0 Å². The van der Waals surface area contributed by atoms with Crippen LogP contribution in [-0.4, -0.2) is 15.2 Å². The molecule has 0 spiro atoms. The van der Waals surface area contributed by atoms with Gasteiger partial charge in [-0.1, -0.05) is 0 Å². The van der Waals surface area contributed by atoms with Crippen LogP contribution in [0.15, 0.2) is 26.7 Å². The van der Waals surface area contributed by atoms with E-state index in [-0.39, 0.29) is 28.0 Å². The van der Waals surface area contributed by atoms with Gasteiger partial charge < -0.3 is 14.6 Å². The van der Waals surface area contributed by atoms with Gasteiger partial charge in [0.05, 0.1) is 16.6 Å². The number of aryl methyl sites for hydroxylation is 1. The number of benzene rings is 1. The maximum atomic E-state index is 12.7. The van der Waals surface area contributed by atoms with Crippen molar-refractivity contribution in [2.45, 2.75) is 13.1 Å². The highest BCUT2D eigenvalue weighted by atomic mass is 32.1. The quantitative estimate of drug-likeness (QED) is 0.659. The number of rotatable bonds is 1. The number of fused-ring (bicyclic) bond motifs is 1. The lowest BCUT2D eigenvalue weighted by atomic mass is 10.1. The van der Waals surface area contributed by atoms with Gasteiger partial charge in [0.15, 0.2) is 16.3 Å². The van der Waals surface area contributed by atoms with Crippen LogP contribution in [0, 0.1) is 6.92 Å². The van der Waals surface area contributed by atoms with Crippen molar-refractivity contribution >= 4 is 22.3 Å². The van der Waals surface area contributed by atoms with Crippen molar-refractivity contribution in [3.8, 4) is 22.8 Å². The van der Waals surface area contributed by atoms with Crippen LogP contribution >= 0.6 is 11.3 Å². The number of aromatic hydroxyl groups is 2. The standard InChI is InChI=1S/C14H8F3NO4S/c1-5-9(7-4-23-13(18-7)14(15,16)17)10(20)6-2-3-8(19)11(21)12(6)22-5/h2-4,19,21H,1H3. The van der Waals surface area contributed by atoms with E-state index in [0.29, 0.717) is 11.3 Å². The molecule has 1 aromatic carbocycles. The molecule has 2 heterocycles. The van der Waals surface area contributed by atoms with E-state index in [2.05, 4.69) is 4.98 Å². The highest BCUT2D eigenvalue weighted by Crippen LogP contribution is 2.37. The number of phenolic OH excluding ortho intramolecular Hbond substituents is 2. The summed E-state index contributed by atoms with van der Waals surface area (Å²) in [6, 6.07) is 2.31. The normalized spacial score (nSPS) is 12.0. The molecule has 0 aliphatic heterocycles. The summed E-state index contributed by atoms with van der Waals surface area (Å²) in [5, 5.41) is 19.1. The highest BCUT2D eigenvalue weighted by Gasteiger charge is 2.35. The van der Waals surface area contributed by atoms with Gasteiger partial charge in [-0.2, -0.15) is 13.2 Å². The maximum absolute atomic E-state index is 12.7. The Morgan fingerprint density at radius 3 is 2.57 bits per heavy atom. The van der Waals surface area contributed by atoms with Crippen molar-refractivity contribution < 1.29 is 27.8 Å². The molecule has 3 rings (SSSR count). The Morgan fingerprint density at radius 2 is 1.96 bits per heavy atom. The third-order valence-electron chi connectivity index (χ3n) is 3.19. The topological polar surface area (TPSA) is 83.6 Å². The Labute approximate surface area is 130 Å². The van der Waals surface area contributed by atoms with Gasteiger partial charge in [-0.25, -0.2) is 4.98 Å². The van der Waals surface area contributed by atoms with Gasteiger partial charge in [0.1, 0.15) is 5.76 Å². The van der Waals surface area contributed by atoms with Gasteiger partial charge in [0, 0.05) is 5.38 Å². The first-order valence-electron chi connectivity index (χ1n) is 6.21. The number of halogens is 3. The number of hydrogen-bond donors (Lipinski definition) is 2. The van der Waals surface area contributed by atoms with Gasteiger partial charge in [-0.05, 0) is 19.1 Å². The molecular weight excluding hydrogens is 335 g/mol. The van der Waals surface area contributed by atoms with Gasteiger partial charge in [-0.15, -0.1) is 11.3 Å². The van der Waals surface area contributed by atoms with Gasteiger partial charge in [0.25, 0.3) is 0 Å². The average Bonchev–Trinajstić information content (AvgIpc) is 2.93. The molecule has 0 bridgehead atoms. The third kappa shape index (κ3) is 2.42. The number of aromatic nitrogens is 1. The zero-order chi connectivity index (χ0) is 16.9. The number of hydrogen-bond acceptors (Lipinski definition) is 6. The molecule has 0 saturated heterocycles. The molecule has 0 radical (unpaired) electrons. The molecular formula is C14H8F3NO4S. The summed E-state index contributed by atoms with van der Waals surface area (Å²) >= 11 is 0.374. The molecule has 3 aromatic rings. The molecule has 2 N–H and O–H groups in total. The Balaban J connectivity index is 2.29. The van der Waals surface area contributed by atoms with E-state index < -0.39 is 28.1 Å². The second kappa shape index (κ2) is 4.98. The zero-order valence-electron chi connectivity index (χ0n) is 11.4. The third-order valence-corrected chi connectivity index (χ3v) is 4.08. The van der Waals surface area contributed by atoms with E-state index in [1.165, 1.54) is 13.0 Å². The second-order valence-corrected chi connectivity index (χ2v) is 5.57. The van der Waals surface area contributed by atoms with Crippen molar-refractivity contribution in [3.63, 3.8) is 0 Å². The van der Waals surface area contributed by atoms with Crippen LogP contribution in [0.25, 0.3) is 22.2 Å². The van der Waals surface area contributed by atoms with E-state index in [0.717, 1.165) is 11.4 Å². The van der Waals surface area contributed by atoms with E-state index >= 15 is 0 Å². The van der Waals surface area contributed by atoms with Crippen molar-refractivity contribution in [1.29, 1.82) is 0 Å². The average molecular weight is 343 g/mol. The summed E-state index contributed by atoms with van der Waals surface area (Å²) in [7, 11) is 0. The van der Waals surface area contributed by atoms with Crippen LogP contribution in [0.4, 0.5) is 13.2 Å². The molecule has 2 aromatic heterocycles. The minimum Gasteiger partial charge on any atom is -0.504 e. The van der Waals surface area contributed by atoms with Gasteiger partial charge in [-0.3, -0.25) is 4.79 Å². The van der Waals surface area contributed by atoms with Crippen LogP contribution in [0.5, 0.6) is 11.5 Å². The summed E-state index contributed by atoms with van der Waals surface area (Å²) < 4.78 is 43.3. The molecule has 0 amide bonds. The lowest BCUT2D eigenvalue weighted by molar-refractivity contribution is -0.137. The fraction of sp³-hybridized carbons (Fsp3) is 0.143. The fourth-order valence-corrected chi connectivity index (χ4v) is 2.84. The van der Waals surface area contributed by atoms with Crippen LogP contribution in [0.2, 0.25) is 0 Å². The SMILES string of the molecule is Cc1oc2c(O)c(O)ccc2c(=O)c1-c1csc(C(F)(F)F)n1. The minimum absolute atomic E-state index is 0.0116. The summed E-state index contributed by atoms with van der Waals surface area (Å²) in [4.78, 5) is 15.9. The first kappa shape index (κ1) is 15.3. The summed E-state index contributed by atoms with van der Waals surface area (Å²) in [5.74, 6) is -1.09. The van der Waals surface area contributed by atoms with Crippen LogP contribution in [0.3, 0.4) is 0 Å². The Kier molecular flexibility index (Phi) is 3.33. The van der Waals surface area contributed by atoms with E-state index in [9.17, 15) is 28.2 Å². The van der Waals surface area contributed by atoms with Crippen LogP contribution in [0.1, 0.15) is 10.8 Å². The molecule has 23 heavy (non-hydrogen) atoms. The molecule has 0 unspecified atom stereocenters. The first-order chi connectivity index (χ1) is 10.7. The van der Waals surface area contributed by atoms with E-state index in [1.54, 1.807) is 0 Å². The molecule has 0 aliphatic rings. The number of phenols is 2. The number of alkyl halides is 3. The predicted octanol–water partition coefficient (Wildman–Crippen LogP) is 3.65. The van der Waals surface area contributed by atoms with E-state index in [1.807, 2.05) is 0 Å². The lowest BCUT2D eigenvalue weighted by Gasteiger charge is -2.07. The monoisotopic (exact) mass is 343 g/mol. The fourth-order valence-electron chi connectivity index (χ4n) is 2.16. The first-order valence-corrected chi connectivity index (χ1v) is 7.09. The lowest BCUT2D eigenvalue weighted by Crippen LogP contribution is -2.09. The van der Waals surface area contributed by atoms with Gasteiger partial charge >= 0.3 is 6.18 Å². The summed E-state index contributed by atoms with van der Waals surface area (Å²) in [5.41, 5.74) is -1.14. The molecule has 0 atom stereocenters. The predicted molar refractivity (Wildman–Crippen MR) is 76.7 cm³/mol.